The third-order valence-corrected chi connectivity index (χ3v) is 4.68. The number of likely N-dealkylation sites (N-methyl/N-ethyl adjacent to an activating group) is 1. The van der Waals surface area contributed by atoms with Gasteiger partial charge in [0.25, 0.3) is 0 Å². The van der Waals surface area contributed by atoms with Crippen LogP contribution in [0.3, 0.4) is 0 Å². The van der Waals surface area contributed by atoms with E-state index in [1.807, 2.05) is 0 Å². The van der Waals surface area contributed by atoms with Crippen molar-refractivity contribution in [2.45, 2.75) is 52.1 Å². The second-order valence-electron chi connectivity index (χ2n) is 5.48. The molecule has 0 aromatic heterocycles. The summed E-state index contributed by atoms with van der Waals surface area (Å²) in [6.45, 7) is 10.9. The summed E-state index contributed by atoms with van der Waals surface area (Å²) in [6, 6.07) is 1.68. The lowest BCUT2D eigenvalue weighted by Crippen LogP contribution is -2.61. The van der Waals surface area contributed by atoms with E-state index in [9.17, 15) is 0 Å². The summed E-state index contributed by atoms with van der Waals surface area (Å²) in [4.78, 5) is 2.76. The monoisotopic (exact) mass is 210 g/mol. The molecule has 3 unspecified atom stereocenters. The molecule has 0 spiro atoms. The van der Waals surface area contributed by atoms with Crippen LogP contribution >= 0.6 is 0 Å². The lowest BCUT2D eigenvalue weighted by atomic mass is 9.76. The highest BCUT2D eigenvalue weighted by molar-refractivity contribution is 4.92. The molecule has 1 saturated carbocycles. The van der Waals surface area contributed by atoms with Gasteiger partial charge in [-0.15, -0.1) is 0 Å². The van der Waals surface area contributed by atoms with Gasteiger partial charge in [0.1, 0.15) is 0 Å². The first kappa shape index (κ1) is 11.4. The minimum Gasteiger partial charge on any atom is -0.314 e. The van der Waals surface area contributed by atoms with Crippen LogP contribution in [0.15, 0.2) is 0 Å². The van der Waals surface area contributed by atoms with Crippen LogP contribution in [0.25, 0.3) is 0 Å². The molecule has 15 heavy (non-hydrogen) atoms. The maximum atomic E-state index is 3.40. The molecule has 3 atom stereocenters. The molecule has 1 aliphatic carbocycles. The fourth-order valence-corrected chi connectivity index (χ4v) is 3.29. The summed E-state index contributed by atoms with van der Waals surface area (Å²) in [5.74, 6) is 1.81. The van der Waals surface area contributed by atoms with E-state index in [1.165, 1.54) is 38.9 Å². The van der Waals surface area contributed by atoms with E-state index in [0.29, 0.717) is 0 Å². The largest absolute Gasteiger partial charge is 0.314 e. The number of hydrogen-bond acceptors (Lipinski definition) is 2. The molecule has 0 amide bonds. The van der Waals surface area contributed by atoms with Crippen LogP contribution in [0.2, 0.25) is 0 Å². The summed E-state index contributed by atoms with van der Waals surface area (Å²) in [7, 11) is 0. The SMILES string of the molecule is CCN(C1CNC1)C1CCCC(C)C1C. The van der Waals surface area contributed by atoms with Gasteiger partial charge in [0.15, 0.2) is 0 Å². The maximum absolute atomic E-state index is 3.40. The van der Waals surface area contributed by atoms with Crippen molar-refractivity contribution in [1.29, 1.82) is 0 Å². The Hall–Kier alpha value is -0.0800. The number of rotatable bonds is 3. The van der Waals surface area contributed by atoms with E-state index in [-0.39, 0.29) is 0 Å². The quantitative estimate of drug-likeness (QED) is 0.767. The van der Waals surface area contributed by atoms with Crippen molar-refractivity contribution in [3.63, 3.8) is 0 Å². The Kier molecular flexibility index (Phi) is 3.68. The molecule has 0 bridgehead atoms. The van der Waals surface area contributed by atoms with Crippen molar-refractivity contribution in [2.24, 2.45) is 11.8 Å². The number of nitrogens with one attached hydrogen (secondary N) is 1. The van der Waals surface area contributed by atoms with E-state index in [0.717, 1.165) is 23.9 Å². The van der Waals surface area contributed by atoms with Crippen LogP contribution in [-0.2, 0) is 0 Å². The Morgan fingerprint density at radius 3 is 2.47 bits per heavy atom. The molecule has 2 aliphatic rings. The van der Waals surface area contributed by atoms with Crippen LogP contribution < -0.4 is 5.32 Å². The molecule has 2 nitrogen and oxygen atoms in total. The van der Waals surface area contributed by atoms with Crippen LogP contribution in [0, 0.1) is 11.8 Å². The second-order valence-corrected chi connectivity index (χ2v) is 5.48. The van der Waals surface area contributed by atoms with Gasteiger partial charge >= 0.3 is 0 Å². The van der Waals surface area contributed by atoms with Gasteiger partial charge in [-0.3, -0.25) is 4.90 Å². The molecule has 1 saturated heterocycles. The van der Waals surface area contributed by atoms with Crippen LogP contribution in [0.5, 0.6) is 0 Å². The minimum atomic E-state index is 0.827. The fraction of sp³-hybridized carbons (Fsp3) is 1.00. The smallest absolute Gasteiger partial charge is 0.0348 e. The van der Waals surface area contributed by atoms with E-state index in [4.69, 9.17) is 0 Å². The lowest BCUT2D eigenvalue weighted by molar-refractivity contribution is 0.0311. The molecule has 1 N–H and O–H groups in total. The zero-order chi connectivity index (χ0) is 10.8. The van der Waals surface area contributed by atoms with Crippen LogP contribution in [0.1, 0.15) is 40.0 Å². The fourth-order valence-electron chi connectivity index (χ4n) is 3.29. The molecule has 0 radical (unpaired) electrons. The van der Waals surface area contributed by atoms with Crippen molar-refractivity contribution in [1.82, 2.24) is 10.2 Å². The Morgan fingerprint density at radius 1 is 1.20 bits per heavy atom. The third-order valence-electron chi connectivity index (χ3n) is 4.68. The molecular weight excluding hydrogens is 184 g/mol. The van der Waals surface area contributed by atoms with Crippen molar-refractivity contribution >= 4 is 0 Å². The highest BCUT2D eigenvalue weighted by atomic mass is 15.3. The Balaban J connectivity index is 1.98. The van der Waals surface area contributed by atoms with Crippen molar-refractivity contribution in [2.75, 3.05) is 19.6 Å². The van der Waals surface area contributed by atoms with Crippen molar-refractivity contribution < 1.29 is 0 Å². The highest BCUT2D eigenvalue weighted by Gasteiger charge is 2.35. The number of hydrogen-bond donors (Lipinski definition) is 1. The minimum absolute atomic E-state index is 0.827. The lowest BCUT2D eigenvalue weighted by Gasteiger charge is -2.47. The normalized spacial score (nSPS) is 38.0. The average molecular weight is 210 g/mol. The summed E-state index contributed by atoms with van der Waals surface area (Å²) in [5.41, 5.74) is 0. The standard InChI is InChI=1S/C13H26N2/c1-4-15(12-8-14-9-12)13-7-5-6-10(2)11(13)3/h10-14H,4-9H2,1-3H3. The topological polar surface area (TPSA) is 15.3 Å². The summed E-state index contributed by atoms with van der Waals surface area (Å²) >= 11 is 0. The molecular formula is C13H26N2. The molecule has 2 heteroatoms. The molecule has 88 valence electrons. The summed E-state index contributed by atoms with van der Waals surface area (Å²) in [5, 5.41) is 3.40. The Morgan fingerprint density at radius 2 is 1.93 bits per heavy atom. The average Bonchev–Trinajstić information content (AvgIpc) is 2.16. The van der Waals surface area contributed by atoms with Crippen molar-refractivity contribution in [3.05, 3.63) is 0 Å². The first-order valence-corrected chi connectivity index (χ1v) is 6.70. The van der Waals surface area contributed by atoms with Gasteiger partial charge in [-0.1, -0.05) is 33.6 Å². The predicted molar refractivity (Wildman–Crippen MR) is 65.0 cm³/mol. The summed E-state index contributed by atoms with van der Waals surface area (Å²) < 4.78 is 0. The van der Waals surface area contributed by atoms with E-state index in [2.05, 4.69) is 31.0 Å². The maximum Gasteiger partial charge on any atom is 0.0348 e. The Bertz CT molecular complexity index is 201. The highest BCUT2D eigenvalue weighted by Crippen LogP contribution is 2.33. The Labute approximate surface area is 94.4 Å². The second kappa shape index (κ2) is 4.84. The van der Waals surface area contributed by atoms with Crippen molar-refractivity contribution in [3.8, 4) is 0 Å². The zero-order valence-electron chi connectivity index (χ0n) is 10.5. The molecule has 0 aromatic rings. The molecule has 0 aromatic carbocycles. The van der Waals surface area contributed by atoms with E-state index < -0.39 is 0 Å². The molecule has 1 heterocycles. The van der Waals surface area contributed by atoms with Gasteiger partial charge in [-0.2, -0.15) is 0 Å². The first-order chi connectivity index (χ1) is 7.24. The predicted octanol–water partition coefficient (Wildman–Crippen LogP) is 2.10. The molecule has 2 fully saturated rings. The van der Waals surface area contributed by atoms with E-state index >= 15 is 0 Å². The van der Waals surface area contributed by atoms with E-state index in [1.54, 1.807) is 0 Å². The van der Waals surface area contributed by atoms with Gasteiger partial charge in [-0.05, 0) is 24.8 Å². The first-order valence-electron chi connectivity index (χ1n) is 6.70. The van der Waals surface area contributed by atoms with Gasteiger partial charge in [0.2, 0.25) is 0 Å². The van der Waals surface area contributed by atoms with Gasteiger partial charge in [0, 0.05) is 25.2 Å². The van der Waals surface area contributed by atoms with Gasteiger partial charge < -0.3 is 5.32 Å². The molecule has 2 rings (SSSR count). The van der Waals surface area contributed by atoms with Crippen LogP contribution in [-0.4, -0.2) is 36.6 Å². The van der Waals surface area contributed by atoms with Crippen LogP contribution in [0.4, 0.5) is 0 Å². The van der Waals surface area contributed by atoms with Gasteiger partial charge in [0.05, 0.1) is 0 Å². The summed E-state index contributed by atoms with van der Waals surface area (Å²) in [6.07, 6.45) is 4.31. The third kappa shape index (κ3) is 2.21. The zero-order valence-corrected chi connectivity index (χ0v) is 10.5. The molecule has 1 aliphatic heterocycles. The van der Waals surface area contributed by atoms with Gasteiger partial charge in [-0.25, -0.2) is 0 Å². The number of nitrogens with zero attached hydrogens (tertiary/aromatic N) is 1.